The van der Waals surface area contributed by atoms with Crippen LogP contribution in [0.3, 0.4) is 0 Å². The summed E-state index contributed by atoms with van der Waals surface area (Å²) in [4.78, 5) is 15.4. The molecule has 0 aliphatic carbocycles. The fourth-order valence-corrected chi connectivity index (χ4v) is 3.83. The van der Waals surface area contributed by atoms with Crippen LogP contribution in [-0.4, -0.2) is 41.3 Å². The van der Waals surface area contributed by atoms with E-state index in [0.717, 1.165) is 30.4 Å². The van der Waals surface area contributed by atoms with Crippen molar-refractivity contribution in [3.05, 3.63) is 78.0 Å². The maximum Gasteiger partial charge on any atom is 0.573 e. The van der Waals surface area contributed by atoms with Crippen LogP contribution < -0.4 is 4.74 Å². The van der Waals surface area contributed by atoms with Crippen molar-refractivity contribution in [1.29, 1.82) is 0 Å². The van der Waals surface area contributed by atoms with Crippen LogP contribution in [0.4, 0.5) is 18.0 Å². The first-order valence-electron chi connectivity index (χ1n) is 11.8. The molecule has 5 nitrogen and oxygen atoms in total. The standard InChI is InChI=1S/C27H30F3N3O2/c1-3-21(4-2)19-32(18-16-22-9-6-5-7-10-22)26(34)33-20-24(11-8-17-31-33)23-12-14-25(15-13-23)35-27(28,29)30/h5-10,12-15,20-21H,3-4,11,16,18-19H2,1-2H3. The Morgan fingerprint density at radius 2 is 1.80 bits per heavy atom. The number of rotatable bonds is 9. The van der Waals surface area contributed by atoms with Gasteiger partial charge < -0.3 is 9.64 Å². The van der Waals surface area contributed by atoms with E-state index in [0.29, 0.717) is 31.0 Å². The summed E-state index contributed by atoms with van der Waals surface area (Å²) in [6, 6.07) is 15.3. The molecule has 35 heavy (non-hydrogen) atoms. The topological polar surface area (TPSA) is 45.1 Å². The second kappa shape index (κ2) is 12.3. The van der Waals surface area contributed by atoms with E-state index >= 15 is 0 Å². The van der Waals surface area contributed by atoms with Crippen LogP contribution in [-0.2, 0) is 6.42 Å². The molecule has 0 bridgehead atoms. The molecule has 2 amide bonds. The van der Waals surface area contributed by atoms with E-state index < -0.39 is 6.36 Å². The maximum atomic E-state index is 13.5. The smallest absolute Gasteiger partial charge is 0.406 e. The molecule has 1 aliphatic rings. The van der Waals surface area contributed by atoms with E-state index in [2.05, 4.69) is 29.6 Å². The van der Waals surface area contributed by atoms with Gasteiger partial charge in [0.05, 0.1) is 0 Å². The number of hydrogen-bond acceptors (Lipinski definition) is 3. The number of nitrogens with zero attached hydrogens (tertiary/aromatic N) is 3. The minimum Gasteiger partial charge on any atom is -0.406 e. The van der Waals surface area contributed by atoms with Crippen molar-refractivity contribution in [3.8, 4) is 5.75 Å². The van der Waals surface area contributed by atoms with Gasteiger partial charge in [-0.05, 0) is 47.2 Å². The van der Waals surface area contributed by atoms with Crippen molar-refractivity contribution in [2.45, 2.75) is 45.9 Å². The Kier molecular flexibility index (Phi) is 9.15. The highest BCUT2D eigenvalue weighted by atomic mass is 19.4. The number of benzene rings is 2. The normalized spacial score (nSPS) is 13.5. The molecule has 186 valence electrons. The summed E-state index contributed by atoms with van der Waals surface area (Å²) < 4.78 is 41.4. The number of hydrogen-bond donors (Lipinski definition) is 0. The van der Waals surface area contributed by atoms with Crippen LogP contribution >= 0.6 is 0 Å². The van der Waals surface area contributed by atoms with Gasteiger partial charge >= 0.3 is 12.4 Å². The lowest BCUT2D eigenvalue weighted by molar-refractivity contribution is -0.274. The van der Waals surface area contributed by atoms with Gasteiger partial charge in [-0.1, -0.05) is 69.2 Å². The Balaban J connectivity index is 1.80. The number of ether oxygens (including phenoxy) is 1. The van der Waals surface area contributed by atoms with E-state index in [9.17, 15) is 18.0 Å². The van der Waals surface area contributed by atoms with Crippen molar-refractivity contribution >= 4 is 17.5 Å². The number of carbonyl (C=O) groups excluding carboxylic acids is 1. The summed E-state index contributed by atoms with van der Waals surface area (Å²) in [5.74, 6) is 2.85. The molecule has 2 aromatic carbocycles. The molecule has 0 saturated heterocycles. The van der Waals surface area contributed by atoms with Gasteiger partial charge in [-0.15, -0.1) is 18.3 Å². The Labute approximate surface area is 204 Å². The lowest BCUT2D eigenvalue weighted by atomic mass is 10.0. The Hall–Kier alpha value is -3.51. The van der Waals surface area contributed by atoms with E-state index in [1.165, 1.54) is 29.3 Å². The number of urea groups is 1. The van der Waals surface area contributed by atoms with Crippen molar-refractivity contribution in [2.75, 3.05) is 13.1 Å². The third kappa shape index (κ3) is 8.04. The van der Waals surface area contributed by atoms with Gasteiger partial charge in [-0.25, -0.2) is 4.79 Å². The fraction of sp³-hybridized carbons (Fsp3) is 0.370. The van der Waals surface area contributed by atoms with Crippen molar-refractivity contribution in [1.82, 2.24) is 9.91 Å². The third-order valence-corrected chi connectivity index (χ3v) is 5.93. The first kappa shape index (κ1) is 26.1. The Morgan fingerprint density at radius 3 is 2.43 bits per heavy atom. The summed E-state index contributed by atoms with van der Waals surface area (Å²) in [6.07, 6.45) is 1.64. The molecule has 1 aliphatic heterocycles. The lowest BCUT2D eigenvalue weighted by Gasteiger charge is -2.29. The predicted octanol–water partition coefficient (Wildman–Crippen LogP) is 6.87. The molecule has 1 heterocycles. The molecule has 0 unspecified atom stereocenters. The third-order valence-electron chi connectivity index (χ3n) is 5.93. The summed E-state index contributed by atoms with van der Waals surface area (Å²) in [6.45, 7) is 5.39. The van der Waals surface area contributed by atoms with Gasteiger partial charge in [-0.2, -0.15) is 5.01 Å². The number of halogens is 3. The molecular formula is C27H30F3N3O2. The summed E-state index contributed by atoms with van der Waals surface area (Å²) in [5, 5.41) is 5.46. The van der Waals surface area contributed by atoms with Gasteiger partial charge in [0, 0.05) is 31.6 Å². The molecule has 0 saturated carbocycles. The minimum absolute atomic E-state index is 0.259. The predicted molar refractivity (Wildman–Crippen MR) is 131 cm³/mol. The van der Waals surface area contributed by atoms with Crippen molar-refractivity contribution in [2.24, 2.45) is 11.0 Å². The van der Waals surface area contributed by atoms with E-state index in [4.69, 9.17) is 0 Å². The van der Waals surface area contributed by atoms with E-state index in [1.807, 2.05) is 35.2 Å². The highest BCUT2D eigenvalue weighted by Crippen LogP contribution is 2.27. The number of carbonyl (C=O) groups is 1. The molecule has 0 radical (unpaired) electrons. The molecule has 0 atom stereocenters. The average molecular weight is 486 g/mol. The van der Waals surface area contributed by atoms with Gasteiger partial charge in [0.2, 0.25) is 0 Å². The highest BCUT2D eigenvalue weighted by molar-refractivity contribution is 5.80. The van der Waals surface area contributed by atoms with E-state index in [1.54, 1.807) is 12.3 Å². The first-order chi connectivity index (χ1) is 16.8. The number of hydrazone groups is 1. The molecule has 2 aromatic rings. The first-order valence-corrected chi connectivity index (χ1v) is 11.8. The molecular weight excluding hydrogens is 455 g/mol. The van der Waals surface area contributed by atoms with Crippen LogP contribution in [0.25, 0.3) is 5.57 Å². The second-order valence-corrected chi connectivity index (χ2v) is 8.36. The van der Waals surface area contributed by atoms with Gasteiger partial charge in [0.25, 0.3) is 0 Å². The molecule has 0 spiro atoms. The average Bonchev–Trinajstić information content (AvgIpc) is 3.10. The van der Waals surface area contributed by atoms with Crippen LogP contribution in [0.15, 0.2) is 72.0 Å². The molecule has 0 aromatic heterocycles. The molecule has 0 fully saturated rings. The van der Waals surface area contributed by atoms with Crippen LogP contribution in [0.2, 0.25) is 0 Å². The fourth-order valence-electron chi connectivity index (χ4n) is 3.83. The molecule has 3 rings (SSSR count). The van der Waals surface area contributed by atoms with Crippen LogP contribution in [0, 0.1) is 5.92 Å². The number of amides is 2. The van der Waals surface area contributed by atoms with Gasteiger partial charge in [-0.3, -0.25) is 0 Å². The summed E-state index contributed by atoms with van der Waals surface area (Å²) >= 11 is 0. The molecule has 0 N–H and O–H groups in total. The summed E-state index contributed by atoms with van der Waals surface area (Å²) in [7, 11) is 0. The minimum atomic E-state index is -4.75. The Morgan fingerprint density at radius 1 is 1.11 bits per heavy atom. The number of allylic oxidation sites excluding steroid dienone is 2. The maximum absolute atomic E-state index is 13.5. The monoisotopic (exact) mass is 485 g/mol. The second-order valence-electron chi connectivity index (χ2n) is 8.36. The molecule has 8 heteroatoms. The van der Waals surface area contributed by atoms with Crippen molar-refractivity contribution < 1.29 is 22.7 Å². The quantitative estimate of drug-likeness (QED) is 0.389. The summed E-state index contributed by atoms with van der Waals surface area (Å²) in [5.41, 5.74) is 2.55. The van der Waals surface area contributed by atoms with Gasteiger partial charge in [0.15, 0.2) is 0 Å². The van der Waals surface area contributed by atoms with Gasteiger partial charge in [0.1, 0.15) is 5.75 Å². The van der Waals surface area contributed by atoms with Crippen LogP contribution in [0.5, 0.6) is 5.75 Å². The number of alkyl halides is 3. The zero-order valence-corrected chi connectivity index (χ0v) is 20.0. The van der Waals surface area contributed by atoms with E-state index in [-0.39, 0.29) is 11.8 Å². The zero-order chi connectivity index (χ0) is 25.3. The zero-order valence-electron chi connectivity index (χ0n) is 20.0. The van der Waals surface area contributed by atoms with Crippen LogP contribution in [0.1, 0.15) is 44.2 Å². The largest absolute Gasteiger partial charge is 0.573 e. The lowest BCUT2D eigenvalue weighted by Crippen LogP contribution is -2.42. The SMILES string of the molecule is CCC(CC)CN(CCc1ccccc1)C(=O)N1C=C(c2ccc(OC(F)(F)F)cc2)CC=C=N1. The Bertz CT molecular complexity index is 1060. The van der Waals surface area contributed by atoms with Crippen molar-refractivity contribution in [3.63, 3.8) is 0 Å². The highest BCUT2D eigenvalue weighted by Gasteiger charge is 2.31.